The third kappa shape index (κ3) is 9.85. The zero-order valence-electron chi connectivity index (χ0n) is 34.8. The van der Waals surface area contributed by atoms with Gasteiger partial charge in [0.05, 0.1) is 31.0 Å². The third-order valence-corrected chi connectivity index (χ3v) is 17.1. The zero-order chi connectivity index (χ0) is 42.3. The SMILES string of the molecule is CC(C)N1C[C@H](n2cnc3c(NC(=O)c4ccccc4)ncnc32)O[C@@](COC(=O)c2ccccc2)(CO[Si](C(C)C)(C(C)C)C(C)C)C1.Clc1ncc2[nH]cnc2n1. The molecule has 0 radical (unpaired) electrons. The van der Waals surface area contributed by atoms with E-state index in [1.807, 2.05) is 41.0 Å². The highest BCUT2D eigenvalue weighted by molar-refractivity contribution is 6.77. The lowest BCUT2D eigenvalue weighted by Gasteiger charge is -2.50. The number of H-pyrrole nitrogens is 1. The van der Waals surface area contributed by atoms with Crippen LogP contribution in [0.2, 0.25) is 21.9 Å². The van der Waals surface area contributed by atoms with E-state index in [0.717, 1.165) is 5.52 Å². The summed E-state index contributed by atoms with van der Waals surface area (Å²) >= 11 is 5.50. The van der Waals surface area contributed by atoms with Crippen molar-refractivity contribution >= 4 is 59.9 Å². The number of nitrogens with zero attached hydrogens (tertiary/aromatic N) is 8. The number of nitrogens with one attached hydrogen (secondary N) is 2. The second-order valence-corrected chi connectivity index (χ2v) is 21.8. The molecule has 2 atom stereocenters. The van der Waals surface area contributed by atoms with Crippen molar-refractivity contribution in [2.45, 2.75) is 89.9 Å². The molecule has 0 saturated carbocycles. The van der Waals surface area contributed by atoms with Crippen LogP contribution in [0.5, 0.6) is 0 Å². The van der Waals surface area contributed by atoms with Gasteiger partial charge < -0.3 is 24.2 Å². The second kappa shape index (κ2) is 18.8. The van der Waals surface area contributed by atoms with Crippen molar-refractivity contribution in [3.63, 3.8) is 0 Å². The Balaban J connectivity index is 0.000000505. The number of ether oxygens (including phenoxy) is 2. The number of rotatable bonds is 13. The number of amides is 1. The molecule has 15 nitrogen and oxygen atoms in total. The number of anilines is 1. The zero-order valence-corrected chi connectivity index (χ0v) is 36.6. The van der Waals surface area contributed by atoms with Gasteiger partial charge in [0, 0.05) is 24.7 Å². The maximum absolute atomic E-state index is 13.3. The van der Waals surface area contributed by atoms with Crippen LogP contribution in [0, 0.1) is 0 Å². The van der Waals surface area contributed by atoms with Crippen molar-refractivity contribution in [1.29, 1.82) is 0 Å². The van der Waals surface area contributed by atoms with Gasteiger partial charge in [0.2, 0.25) is 5.28 Å². The Labute approximate surface area is 350 Å². The third-order valence-electron chi connectivity index (χ3n) is 10.8. The van der Waals surface area contributed by atoms with Crippen LogP contribution in [-0.2, 0) is 13.9 Å². The number of benzene rings is 2. The smallest absolute Gasteiger partial charge is 0.338 e. The summed E-state index contributed by atoms with van der Waals surface area (Å²) in [4.78, 5) is 56.5. The summed E-state index contributed by atoms with van der Waals surface area (Å²) in [6.45, 7) is 19.1. The van der Waals surface area contributed by atoms with E-state index in [2.05, 4.69) is 100 Å². The quantitative estimate of drug-likeness (QED) is 0.0650. The molecule has 0 spiro atoms. The summed E-state index contributed by atoms with van der Waals surface area (Å²) in [6, 6.07) is 18.1. The van der Waals surface area contributed by atoms with Crippen molar-refractivity contribution in [1.82, 2.24) is 44.4 Å². The van der Waals surface area contributed by atoms with Crippen LogP contribution in [0.1, 0.15) is 82.3 Å². The van der Waals surface area contributed by atoms with E-state index in [-0.39, 0.29) is 30.4 Å². The molecule has 1 saturated heterocycles. The van der Waals surface area contributed by atoms with Gasteiger partial charge in [-0.25, -0.2) is 29.7 Å². The van der Waals surface area contributed by atoms with Crippen LogP contribution in [-0.4, -0.2) is 102 Å². The molecule has 17 heteroatoms. The average molecular weight is 841 g/mol. The number of aromatic nitrogens is 8. The molecule has 1 fully saturated rings. The molecule has 0 unspecified atom stereocenters. The first kappa shape index (κ1) is 43.4. The molecular formula is C42H53ClN10O5Si. The van der Waals surface area contributed by atoms with Crippen LogP contribution in [0.25, 0.3) is 22.3 Å². The monoisotopic (exact) mass is 840 g/mol. The fourth-order valence-corrected chi connectivity index (χ4v) is 13.6. The van der Waals surface area contributed by atoms with E-state index < -0.39 is 26.1 Å². The number of halogens is 1. The summed E-state index contributed by atoms with van der Waals surface area (Å²) in [5, 5.41) is 3.11. The Kier molecular flexibility index (Phi) is 13.9. The number of carbonyl (C=O) groups excluding carboxylic acids is 2. The van der Waals surface area contributed by atoms with E-state index in [1.165, 1.54) is 6.33 Å². The summed E-state index contributed by atoms with van der Waals surface area (Å²) < 4.78 is 22.2. The Morgan fingerprint density at radius 2 is 1.56 bits per heavy atom. The number of esters is 1. The number of imidazole rings is 2. The fraction of sp³-hybridized carbons (Fsp3) is 0.429. The molecule has 2 aromatic carbocycles. The minimum atomic E-state index is -2.33. The van der Waals surface area contributed by atoms with E-state index in [9.17, 15) is 9.59 Å². The van der Waals surface area contributed by atoms with Gasteiger partial charge in [-0.3, -0.25) is 14.3 Å². The predicted molar refractivity (Wildman–Crippen MR) is 230 cm³/mol. The van der Waals surface area contributed by atoms with Crippen molar-refractivity contribution in [3.05, 3.63) is 102 Å². The Bertz CT molecular complexity index is 2300. The number of aromatic amines is 1. The molecule has 5 heterocycles. The highest BCUT2D eigenvalue weighted by atomic mass is 35.5. The summed E-state index contributed by atoms with van der Waals surface area (Å²) in [6.07, 6.45) is 5.67. The van der Waals surface area contributed by atoms with E-state index in [0.29, 0.717) is 63.5 Å². The minimum Gasteiger partial charge on any atom is -0.459 e. The summed E-state index contributed by atoms with van der Waals surface area (Å²) in [5.74, 6) is -0.400. The lowest BCUT2D eigenvalue weighted by molar-refractivity contribution is -0.215. The molecule has 1 amide bonds. The second-order valence-electron chi connectivity index (χ2n) is 16.0. The fourth-order valence-electron chi connectivity index (χ4n) is 7.99. The lowest BCUT2D eigenvalue weighted by Crippen LogP contribution is -2.62. The molecule has 0 bridgehead atoms. The lowest BCUT2D eigenvalue weighted by atomic mass is 10.0. The van der Waals surface area contributed by atoms with Crippen LogP contribution >= 0.6 is 11.6 Å². The van der Waals surface area contributed by atoms with Gasteiger partial charge in [-0.1, -0.05) is 77.9 Å². The van der Waals surface area contributed by atoms with Crippen LogP contribution in [0.4, 0.5) is 5.82 Å². The van der Waals surface area contributed by atoms with Crippen molar-refractivity contribution in [3.8, 4) is 0 Å². The standard InChI is InChI=1S/C37H50N6O5Si.C5H3ClN4/c1-25(2)42-19-31(43-24-40-32-33(38-23-39-34(32)43)41-35(44)29-15-11-9-12-16-29)48-37(20-42,21-46-36(45)30-17-13-10-14-18-30)22-47-49(26(3)4,27(5)6)28(7)8;6-5-7-1-3-4(10-5)9-2-8-3/h9-18,23-28,31H,19-22H2,1-8H3,(H,38,39,41,44);1-2H,(H,7,8,9,10)/t31-,37+;/m1./s1. The summed E-state index contributed by atoms with van der Waals surface area (Å²) in [5.41, 5.74) is 3.41. The topological polar surface area (TPSA) is 175 Å². The number of hydrogen-bond donors (Lipinski definition) is 2. The molecule has 1 aliphatic rings. The van der Waals surface area contributed by atoms with Crippen LogP contribution < -0.4 is 5.32 Å². The van der Waals surface area contributed by atoms with Gasteiger partial charge in [0.1, 0.15) is 30.3 Å². The predicted octanol–water partition coefficient (Wildman–Crippen LogP) is 8.11. The molecule has 6 aromatic rings. The molecule has 59 heavy (non-hydrogen) atoms. The summed E-state index contributed by atoms with van der Waals surface area (Å²) in [7, 11) is -2.33. The van der Waals surface area contributed by atoms with E-state index in [1.54, 1.807) is 43.1 Å². The maximum atomic E-state index is 13.3. The molecule has 7 rings (SSSR count). The maximum Gasteiger partial charge on any atom is 0.338 e. The number of morpholine rings is 1. The minimum absolute atomic E-state index is 0.000784. The van der Waals surface area contributed by atoms with E-state index >= 15 is 0 Å². The number of carbonyl (C=O) groups is 2. The van der Waals surface area contributed by atoms with Gasteiger partial charge in [-0.05, 0) is 66.3 Å². The van der Waals surface area contributed by atoms with Crippen molar-refractivity contribution in [2.75, 3.05) is 31.6 Å². The van der Waals surface area contributed by atoms with Gasteiger partial charge in [-0.15, -0.1) is 0 Å². The van der Waals surface area contributed by atoms with Gasteiger partial charge in [-0.2, -0.15) is 4.98 Å². The Morgan fingerprint density at radius 3 is 2.20 bits per heavy atom. The number of fused-ring (bicyclic) bond motifs is 2. The van der Waals surface area contributed by atoms with Crippen LogP contribution in [0.3, 0.4) is 0 Å². The average Bonchev–Trinajstić information content (AvgIpc) is 3.88. The first-order valence-electron chi connectivity index (χ1n) is 19.9. The normalized spacial score (nSPS) is 17.5. The van der Waals surface area contributed by atoms with Crippen molar-refractivity contribution < 1.29 is 23.5 Å². The van der Waals surface area contributed by atoms with Gasteiger partial charge in [0.15, 0.2) is 30.9 Å². The molecule has 312 valence electrons. The first-order valence-corrected chi connectivity index (χ1v) is 22.4. The Hall–Kier alpha value is -5.13. The Morgan fingerprint density at radius 1 is 0.898 bits per heavy atom. The van der Waals surface area contributed by atoms with Crippen molar-refractivity contribution in [2.24, 2.45) is 0 Å². The number of hydrogen-bond acceptors (Lipinski definition) is 12. The van der Waals surface area contributed by atoms with Crippen LogP contribution in [0.15, 0.2) is 85.8 Å². The largest absolute Gasteiger partial charge is 0.459 e. The first-order chi connectivity index (χ1) is 28.2. The van der Waals surface area contributed by atoms with E-state index in [4.69, 9.17) is 25.5 Å². The van der Waals surface area contributed by atoms with Gasteiger partial charge >= 0.3 is 5.97 Å². The molecular weight excluding hydrogens is 788 g/mol. The molecule has 1 aliphatic heterocycles. The highest BCUT2D eigenvalue weighted by Crippen LogP contribution is 2.44. The molecule has 0 aliphatic carbocycles. The molecule has 4 aromatic heterocycles. The molecule has 2 N–H and O–H groups in total. The van der Waals surface area contributed by atoms with Gasteiger partial charge in [0.25, 0.3) is 5.91 Å². The highest BCUT2D eigenvalue weighted by Gasteiger charge is 2.50.